The molecule has 1 aliphatic rings. The van der Waals surface area contributed by atoms with Crippen molar-refractivity contribution in [2.75, 3.05) is 0 Å². The first-order valence-corrected chi connectivity index (χ1v) is 7.12. The van der Waals surface area contributed by atoms with Gasteiger partial charge in [0.2, 0.25) is 0 Å². The monoisotopic (exact) mass is 277 g/mol. The van der Waals surface area contributed by atoms with Crippen molar-refractivity contribution >= 4 is 17.3 Å². The summed E-state index contributed by atoms with van der Waals surface area (Å²) in [4.78, 5) is 14.7. The van der Waals surface area contributed by atoms with Crippen LogP contribution in [0, 0.1) is 0 Å². The molecule has 0 aromatic carbocycles. The van der Waals surface area contributed by atoms with E-state index in [1.807, 2.05) is 18.2 Å². The van der Waals surface area contributed by atoms with Crippen molar-refractivity contribution in [3.63, 3.8) is 0 Å². The molecule has 2 aromatic heterocycles. The van der Waals surface area contributed by atoms with E-state index in [9.17, 15) is 4.79 Å². The lowest BCUT2D eigenvalue weighted by molar-refractivity contribution is 0.0702. The van der Waals surface area contributed by atoms with E-state index in [-0.39, 0.29) is 0 Å². The molecule has 0 radical (unpaired) electrons. The maximum atomic E-state index is 10.9. The first kappa shape index (κ1) is 12.4. The first-order valence-electron chi connectivity index (χ1n) is 6.31. The average Bonchev–Trinajstić information content (AvgIpc) is 2.90. The van der Waals surface area contributed by atoms with Gasteiger partial charge in [-0.25, -0.2) is 4.79 Å². The molecule has 1 N–H and O–H groups in total. The zero-order valence-corrected chi connectivity index (χ0v) is 11.2. The number of carboxylic acid groups (broad SMARTS) is 1. The fraction of sp³-hybridized carbons (Fsp3) is 0.357. The highest BCUT2D eigenvalue weighted by Crippen LogP contribution is 2.31. The minimum Gasteiger partial charge on any atom is -0.477 e. The number of hydrogen-bond acceptors (Lipinski definition) is 4. The van der Waals surface area contributed by atoms with Crippen molar-refractivity contribution in [2.45, 2.75) is 32.0 Å². The Labute approximate surface area is 115 Å². The largest absolute Gasteiger partial charge is 0.477 e. The first-order chi connectivity index (χ1) is 9.22. The van der Waals surface area contributed by atoms with Gasteiger partial charge >= 0.3 is 5.97 Å². The van der Waals surface area contributed by atoms with Crippen LogP contribution in [-0.4, -0.2) is 22.0 Å². The van der Waals surface area contributed by atoms with Crippen LogP contribution in [-0.2, 0) is 13.1 Å². The Hall–Kier alpha value is -1.59. The number of aromatic carboxylic acids is 1. The fourth-order valence-corrected chi connectivity index (χ4v) is 3.01. The summed E-state index contributed by atoms with van der Waals surface area (Å²) in [5.74, 6) is 0.113. The van der Waals surface area contributed by atoms with Crippen LogP contribution in [0.1, 0.15) is 33.2 Å². The van der Waals surface area contributed by atoms with Gasteiger partial charge in [-0.05, 0) is 37.1 Å². The second-order valence-corrected chi connectivity index (χ2v) is 5.95. The zero-order chi connectivity index (χ0) is 13.2. The Balaban J connectivity index is 1.68. The maximum absolute atomic E-state index is 10.9. The summed E-state index contributed by atoms with van der Waals surface area (Å²) in [5, 5.41) is 8.94. The highest BCUT2D eigenvalue weighted by Gasteiger charge is 2.29. The van der Waals surface area contributed by atoms with Gasteiger partial charge in [-0.2, -0.15) is 0 Å². The zero-order valence-electron chi connectivity index (χ0n) is 10.4. The molecule has 1 saturated carbocycles. The van der Waals surface area contributed by atoms with Crippen molar-refractivity contribution in [3.05, 3.63) is 46.0 Å². The standard InChI is InChI=1S/C14H15NO3S/c16-14(17)13-6-5-12(19-13)9-15(10-3-4-10)8-11-2-1-7-18-11/h1-2,5-7,10H,3-4,8-9H2,(H,16,17). The molecule has 0 atom stereocenters. The molecule has 19 heavy (non-hydrogen) atoms. The quantitative estimate of drug-likeness (QED) is 0.881. The van der Waals surface area contributed by atoms with Gasteiger partial charge in [-0.15, -0.1) is 11.3 Å². The summed E-state index contributed by atoms with van der Waals surface area (Å²) in [5.41, 5.74) is 0. The number of rotatable bonds is 6. The molecule has 0 saturated heterocycles. The van der Waals surface area contributed by atoms with E-state index in [1.165, 1.54) is 24.2 Å². The summed E-state index contributed by atoms with van der Waals surface area (Å²) < 4.78 is 5.39. The highest BCUT2D eigenvalue weighted by molar-refractivity contribution is 7.13. The Bertz CT molecular complexity index is 557. The topological polar surface area (TPSA) is 53.7 Å². The normalized spacial score (nSPS) is 15.0. The van der Waals surface area contributed by atoms with Crippen LogP contribution in [0.5, 0.6) is 0 Å². The summed E-state index contributed by atoms with van der Waals surface area (Å²) in [7, 11) is 0. The van der Waals surface area contributed by atoms with Gasteiger partial charge in [0.15, 0.2) is 0 Å². The average molecular weight is 277 g/mol. The van der Waals surface area contributed by atoms with Crippen LogP contribution in [0.15, 0.2) is 34.9 Å². The number of hydrogen-bond donors (Lipinski definition) is 1. The molecule has 3 rings (SSSR count). The van der Waals surface area contributed by atoms with Gasteiger partial charge in [0.05, 0.1) is 12.8 Å². The molecule has 0 unspecified atom stereocenters. The van der Waals surface area contributed by atoms with Gasteiger partial charge in [0.25, 0.3) is 0 Å². The van der Waals surface area contributed by atoms with Crippen LogP contribution in [0.4, 0.5) is 0 Å². The molecule has 0 aliphatic heterocycles. The van der Waals surface area contributed by atoms with Crippen molar-refractivity contribution in [3.8, 4) is 0 Å². The van der Waals surface area contributed by atoms with Crippen molar-refractivity contribution in [1.82, 2.24) is 4.90 Å². The Morgan fingerprint density at radius 1 is 1.37 bits per heavy atom. The van der Waals surface area contributed by atoms with E-state index in [0.717, 1.165) is 23.7 Å². The molecule has 2 aromatic rings. The number of nitrogens with zero attached hydrogens (tertiary/aromatic N) is 1. The molecule has 100 valence electrons. The van der Waals surface area contributed by atoms with Gasteiger partial charge in [0, 0.05) is 17.5 Å². The molecule has 0 spiro atoms. The van der Waals surface area contributed by atoms with Crippen molar-refractivity contribution in [1.29, 1.82) is 0 Å². The third kappa shape index (κ3) is 3.05. The number of furan rings is 1. The van der Waals surface area contributed by atoms with E-state index < -0.39 is 5.97 Å². The predicted molar refractivity (Wildman–Crippen MR) is 72.3 cm³/mol. The van der Waals surface area contributed by atoms with Crippen molar-refractivity contribution < 1.29 is 14.3 Å². The summed E-state index contributed by atoms with van der Waals surface area (Å²) in [6, 6.07) is 8.08. The second-order valence-electron chi connectivity index (χ2n) is 4.79. The molecule has 5 heteroatoms. The maximum Gasteiger partial charge on any atom is 0.345 e. The minimum atomic E-state index is -0.847. The minimum absolute atomic E-state index is 0.406. The van der Waals surface area contributed by atoms with E-state index in [4.69, 9.17) is 9.52 Å². The third-order valence-corrected chi connectivity index (χ3v) is 4.29. The lowest BCUT2D eigenvalue weighted by Crippen LogP contribution is -2.24. The molecular formula is C14H15NO3S. The Morgan fingerprint density at radius 2 is 2.21 bits per heavy atom. The molecule has 2 heterocycles. The Morgan fingerprint density at radius 3 is 2.79 bits per heavy atom. The molecule has 0 amide bonds. The van der Waals surface area contributed by atoms with Crippen LogP contribution < -0.4 is 0 Å². The van der Waals surface area contributed by atoms with Gasteiger partial charge in [0.1, 0.15) is 10.6 Å². The second kappa shape index (κ2) is 5.19. The third-order valence-electron chi connectivity index (χ3n) is 3.23. The van der Waals surface area contributed by atoms with E-state index in [1.54, 1.807) is 12.3 Å². The SMILES string of the molecule is O=C(O)c1ccc(CN(Cc2ccco2)C2CC2)s1. The van der Waals surface area contributed by atoms with Gasteiger partial charge in [-0.3, -0.25) is 4.90 Å². The number of carbonyl (C=O) groups is 1. The summed E-state index contributed by atoms with van der Waals surface area (Å²) in [6.07, 6.45) is 4.13. The predicted octanol–water partition coefficient (Wildman–Crippen LogP) is 3.20. The number of thiophene rings is 1. The Kier molecular flexibility index (Phi) is 3.40. The highest BCUT2D eigenvalue weighted by atomic mass is 32.1. The lowest BCUT2D eigenvalue weighted by atomic mass is 10.3. The fourth-order valence-electron chi connectivity index (χ4n) is 2.13. The molecule has 1 fully saturated rings. The van der Waals surface area contributed by atoms with E-state index in [0.29, 0.717) is 10.9 Å². The van der Waals surface area contributed by atoms with Crippen LogP contribution in [0.2, 0.25) is 0 Å². The van der Waals surface area contributed by atoms with E-state index >= 15 is 0 Å². The lowest BCUT2D eigenvalue weighted by Gasteiger charge is -2.19. The smallest absolute Gasteiger partial charge is 0.345 e. The van der Waals surface area contributed by atoms with Crippen LogP contribution >= 0.6 is 11.3 Å². The van der Waals surface area contributed by atoms with Gasteiger partial charge < -0.3 is 9.52 Å². The summed E-state index contributed by atoms with van der Waals surface area (Å²) >= 11 is 1.36. The van der Waals surface area contributed by atoms with Gasteiger partial charge in [-0.1, -0.05) is 0 Å². The van der Waals surface area contributed by atoms with E-state index in [2.05, 4.69) is 4.90 Å². The molecule has 4 nitrogen and oxygen atoms in total. The summed E-state index contributed by atoms with van der Waals surface area (Å²) in [6.45, 7) is 1.58. The molecule has 1 aliphatic carbocycles. The molecular weight excluding hydrogens is 262 g/mol. The molecule has 0 bridgehead atoms. The van der Waals surface area contributed by atoms with Crippen LogP contribution in [0.25, 0.3) is 0 Å². The van der Waals surface area contributed by atoms with Crippen molar-refractivity contribution in [2.24, 2.45) is 0 Å². The van der Waals surface area contributed by atoms with Crippen LogP contribution in [0.3, 0.4) is 0 Å². The number of carboxylic acids is 1.